The number of hydrogen-bond acceptors (Lipinski definition) is 4. The lowest BCUT2D eigenvalue weighted by molar-refractivity contribution is 0.0939. The summed E-state index contributed by atoms with van der Waals surface area (Å²) in [5.41, 5.74) is 3.35. The first kappa shape index (κ1) is 18.6. The lowest BCUT2D eigenvalue weighted by Gasteiger charge is -2.16. The second kappa shape index (κ2) is 8.10. The summed E-state index contributed by atoms with van der Waals surface area (Å²) in [6.45, 7) is 3.97. The van der Waals surface area contributed by atoms with Crippen molar-refractivity contribution in [2.75, 3.05) is 0 Å². The van der Waals surface area contributed by atoms with E-state index in [0.717, 1.165) is 16.9 Å². The Morgan fingerprint density at radius 1 is 1.10 bits per heavy atom. The second-order valence-corrected chi connectivity index (χ2v) is 6.70. The zero-order chi connectivity index (χ0) is 20.2. The van der Waals surface area contributed by atoms with Gasteiger partial charge in [0.15, 0.2) is 5.82 Å². The molecule has 1 N–H and O–H groups in total. The van der Waals surface area contributed by atoms with E-state index in [1.807, 2.05) is 68.6 Å². The van der Waals surface area contributed by atoms with Crippen LogP contribution in [0.3, 0.4) is 0 Å². The summed E-state index contributed by atoms with van der Waals surface area (Å²) in [6.07, 6.45) is 7.62. The van der Waals surface area contributed by atoms with Crippen LogP contribution in [0.15, 0.2) is 73.3 Å². The molecule has 0 aliphatic carbocycles. The van der Waals surface area contributed by atoms with Gasteiger partial charge in [0.2, 0.25) is 0 Å². The Hall–Kier alpha value is -3.74. The maximum absolute atomic E-state index is 13.0. The van der Waals surface area contributed by atoms with Crippen molar-refractivity contribution < 1.29 is 4.79 Å². The van der Waals surface area contributed by atoms with Crippen LogP contribution in [0, 0.1) is 0 Å². The van der Waals surface area contributed by atoms with Crippen LogP contribution >= 0.6 is 0 Å². The van der Waals surface area contributed by atoms with E-state index in [9.17, 15) is 4.79 Å². The van der Waals surface area contributed by atoms with Crippen LogP contribution in [-0.4, -0.2) is 30.5 Å². The van der Waals surface area contributed by atoms with E-state index in [4.69, 9.17) is 0 Å². The summed E-state index contributed by atoms with van der Waals surface area (Å²) < 4.78 is 3.52. The van der Waals surface area contributed by atoms with Crippen LogP contribution in [0.1, 0.15) is 41.5 Å². The molecule has 146 valence electrons. The average Bonchev–Trinajstić information content (AvgIpc) is 3.44. The van der Waals surface area contributed by atoms with Gasteiger partial charge in [0, 0.05) is 18.6 Å². The zero-order valence-electron chi connectivity index (χ0n) is 16.4. The van der Waals surface area contributed by atoms with Crippen molar-refractivity contribution >= 4 is 5.91 Å². The summed E-state index contributed by atoms with van der Waals surface area (Å²) in [4.78, 5) is 17.3. The minimum atomic E-state index is -0.166. The van der Waals surface area contributed by atoms with E-state index < -0.39 is 0 Å². The highest BCUT2D eigenvalue weighted by atomic mass is 16.1. The summed E-state index contributed by atoms with van der Waals surface area (Å²) in [5.74, 6) is 0.546. The van der Waals surface area contributed by atoms with Crippen molar-refractivity contribution in [3.05, 3.63) is 90.1 Å². The summed E-state index contributed by atoms with van der Waals surface area (Å²) in [7, 11) is 0. The Labute approximate surface area is 169 Å². The molecule has 7 heteroatoms. The molecule has 1 amide bonds. The lowest BCUT2D eigenvalue weighted by Crippen LogP contribution is -2.27. The molecule has 3 heterocycles. The molecule has 7 nitrogen and oxygen atoms in total. The largest absolute Gasteiger partial charge is 0.345 e. The number of nitrogens with one attached hydrogen (secondary N) is 1. The monoisotopic (exact) mass is 386 g/mol. The fraction of sp³-hybridized carbons (Fsp3) is 0.182. The van der Waals surface area contributed by atoms with Gasteiger partial charge in [-0.05, 0) is 49.2 Å². The first-order chi connectivity index (χ1) is 14.2. The number of pyridine rings is 1. The Kier molecular flexibility index (Phi) is 5.20. The number of carbonyl (C=O) groups excluding carboxylic acids is 1. The van der Waals surface area contributed by atoms with Gasteiger partial charge in [-0.1, -0.05) is 25.1 Å². The van der Waals surface area contributed by atoms with Gasteiger partial charge in [-0.25, -0.2) is 14.3 Å². The van der Waals surface area contributed by atoms with E-state index in [-0.39, 0.29) is 11.9 Å². The van der Waals surface area contributed by atoms with Crippen molar-refractivity contribution in [3.8, 4) is 11.5 Å². The normalized spacial score (nSPS) is 11.9. The van der Waals surface area contributed by atoms with Crippen molar-refractivity contribution in [1.29, 1.82) is 0 Å². The predicted molar refractivity (Wildman–Crippen MR) is 110 cm³/mol. The molecule has 29 heavy (non-hydrogen) atoms. The molecule has 0 saturated carbocycles. The molecule has 0 saturated heterocycles. The van der Waals surface area contributed by atoms with Crippen LogP contribution in [0.2, 0.25) is 0 Å². The molecule has 0 aliphatic rings. The topological polar surface area (TPSA) is 77.6 Å². The van der Waals surface area contributed by atoms with E-state index in [2.05, 4.69) is 20.5 Å². The molecule has 0 spiro atoms. The molecule has 0 radical (unpaired) electrons. The van der Waals surface area contributed by atoms with Gasteiger partial charge < -0.3 is 5.32 Å². The molecule has 0 fully saturated rings. The van der Waals surface area contributed by atoms with E-state index in [1.165, 1.54) is 0 Å². The van der Waals surface area contributed by atoms with Crippen LogP contribution < -0.4 is 5.32 Å². The van der Waals surface area contributed by atoms with Gasteiger partial charge in [0.25, 0.3) is 5.91 Å². The molecular formula is C22H22N6O. The standard InChI is InChI=1S/C22H22N6O/c1-3-20-19(15-25-28(20)21-10-4-5-11-23-21)22(29)26-16(2)17-8-6-9-18(14-17)27-13-7-12-24-27/h4-16H,3H2,1-2H3,(H,26,29)/t16-/m1/s1. The Bertz CT molecular complexity index is 1100. The van der Waals surface area contributed by atoms with E-state index in [1.54, 1.807) is 28.0 Å². The minimum absolute atomic E-state index is 0.152. The van der Waals surface area contributed by atoms with Crippen LogP contribution in [0.5, 0.6) is 0 Å². The molecule has 4 rings (SSSR count). The van der Waals surface area contributed by atoms with Gasteiger partial charge in [-0.3, -0.25) is 4.79 Å². The maximum atomic E-state index is 13.0. The SMILES string of the molecule is CCc1c(C(=O)N[C@H](C)c2cccc(-n3cccn3)c2)cnn1-c1ccccn1. The average molecular weight is 386 g/mol. The quantitative estimate of drug-likeness (QED) is 0.550. The second-order valence-electron chi connectivity index (χ2n) is 6.70. The highest BCUT2D eigenvalue weighted by molar-refractivity contribution is 5.95. The third-order valence-corrected chi connectivity index (χ3v) is 4.80. The molecular weight excluding hydrogens is 364 g/mol. The van der Waals surface area contributed by atoms with Gasteiger partial charge in [-0.2, -0.15) is 10.2 Å². The Morgan fingerprint density at radius 3 is 2.72 bits per heavy atom. The summed E-state index contributed by atoms with van der Waals surface area (Å²) >= 11 is 0. The van der Waals surface area contributed by atoms with Gasteiger partial charge in [-0.15, -0.1) is 0 Å². The number of nitrogens with zero attached hydrogens (tertiary/aromatic N) is 5. The smallest absolute Gasteiger partial charge is 0.255 e. The van der Waals surface area contributed by atoms with Crippen molar-refractivity contribution in [3.63, 3.8) is 0 Å². The van der Waals surface area contributed by atoms with Crippen LogP contribution in [0.25, 0.3) is 11.5 Å². The number of amides is 1. The van der Waals surface area contributed by atoms with Crippen molar-refractivity contribution in [2.24, 2.45) is 0 Å². The number of carbonyl (C=O) groups is 1. The molecule has 4 aromatic rings. The molecule has 1 atom stereocenters. The molecule has 1 aromatic carbocycles. The minimum Gasteiger partial charge on any atom is -0.345 e. The van der Waals surface area contributed by atoms with Crippen molar-refractivity contribution in [2.45, 2.75) is 26.3 Å². The zero-order valence-corrected chi connectivity index (χ0v) is 16.4. The van der Waals surface area contributed by atoms with E-state index >= 15 is 0 Å². The first-order valence-corrected chi connectivity index (χ1v) is 9.56. The van der Waals surface area contributed by atoms with E-state index in [0.29, 0.717) is 17.8 Å². The highest BCUT2D eigenvalue weighted by Gasteiger charge is 2.19. The molecule has 0 unspecified atom stereocenters. The molecule has 3 aromatic heterocycles. The Balaban J connectivity index is 1.56. The fourth-order valence-corrected chi connectivity index (χ4v) is 3.30. The number of aromatic nitrogens is 5. The van der Waals surface area contributed by atoms with Crippen LogP contribution in [0.4, 0.5) is 0 Å². The van der Waals surface area contributed by atoms with Crippen molar-refractivity contribution in [1.82, 2.24) is 29.9 Å². The lowest BCUT2D eigenvalue weighted by atomic mass is 10.1. The number of benzene rings is 1. The van der Waals surface area contributed by atoms with Gasteiger partial charge >= 0.3 is 0 Å². The van der Waals surface area contributed by atoms with Gasteiger partial charge in [0.1, 0.15) is 0 Å². The van der Waals surface area contributed by atoms with Gasteiger partial charge in [0.05, 0.1) is 29.2 Å². The Morgan fingerprint density at radius 2 is 2.00 bits per heavy atom. The highest BCUT2D eigenvalue weighted by Crippen LogP contribution is 2.19. The molecule has 0 aliphatic heterocycles. The first-order valence-electron chi connectivity index (χ1n) is 9.56. The number of hydrogen-bond donors (Lipinski definition) is 1. The van der Waals surface area contributed by atoms with Crippen LogP contribution in [-0.2, 0) is 6.42 Å². The summed E-state index contributed by atoms with van der Waals surface area (Å²) in [5, 5.41) is 11.7. The third kappa shape index (κ3) is 3.80. The molecule has 0 bridgehead atoms. The predicted octanol–water partition coefficient (Wildman–Crippen LogP) is 3.51. The third-order valence-electron chi connectivity index (χ3n) is 4.80. The fourth-order valence-electron chi connectivity index (χ4n) is 3.30. The number of rotatable bonds is 6. The summed E-state index contributed by atoms with van der Waals surface area (Å²) in [6, 6.07) is 15.3. The maximum Gasteiger partial charge on any atom is 0.255 e.